The van der Waals surface area contributed by atoms with E-state index in [1.807, 2.05) is 0 Å². The molecule has 0 saturated heterocycles. The van der Waals surface area contributed by atoms with E-state index in [1.54, 1.807) is 0 Å². The number of ether oxygens (including phenoxy) is 9. The number of alkyl halides is 3. The molecular formula is C29H33F3O11S. The molecule has 3 aromatic carbocycles. The van der Waals surface area contributed by atoms with Crippen LogP contribution in [-0.4, -0.2) is 76.1 Å². The van der Waals surface area contributed by atoms with Gasteiger partial charge in [0.05, 0.1) is 64.0 Å². The zero-order valence-electron chi connectivity index (χ0n) is 25.5. The second-order valence-electron chi connectivity index (χ2n) is 8.51. The maximum absolute atomic E-state index is 14.3. The number of carbonyl (C=O) groups excluding carboxylic acids is 1. The molecule has 15 heteroatoms. The third-order valence-electron chi connectivity index (χ3n) is 6.30. The molecule has 0 aliphatic rings. The van der Waals surface area contributed by atoms with Crippen molar-refractivity contribution in [3.63, 3.8) is 0 Å². The van der Waals surface area contributed by atoms with Crippen molar-refractivity contribution >= 4 is 16.3 Å². The van der Waals surface area contributed by atoms with Crippen molar-refractivity contribution in [2.75, 3.05) is 64.0 Å². The Labute approximate surface area is 254 Å². The minimum Gasteiger partial charge on any atom is -0.496 e. The van der Waals surface area contributed by atoms with Crippen molar-refractivity contribution in [3.8, 4) is 51.7 Å². The molecule has 0 atom stereocenters. The molecular weight excluding hydrogens is 613 g/mol. The summed E-state index contributed by atoms with van der Waals surface area (Å²) in [5, 5.41) is 0. The predicted octanol–water partition coefficient (Wildman–Crippen LogP) is 6.07. The molecule has 242 valence electrons. The molecule has 0 aliphatic carbocycles. The van der Waals surface area contributed by atoms with E-state index in [0.29, 0.717) is 0 Å². The molecule has 0 aliphatic heterocycles. The van der Waals surface area contributed by atoms with Crippen LogP contribution in [0.5, 0.6) is 51.7 Å². The first-order chi connectivity index (χ1) is 20.9. The van der Waals surface area contributed by atoms with Crippen LogP contribution in [0.4, 0.5) is 13.2 Å². The molecule has 11 nitrogen and oxygen atoms in total. The number of hydrogen-bond acceptors (Lipinski definition) is 11. The third kappa shape index (κ3) is 6.09. The molecule has 0 fully saturated rings. The highest BCUT2D eigenvalue weighted by atomic mass is 32.3. The largest absolute Gasteiger partial charge is 0.496 e. The molecule has 0 heterocycles. The number of halogens is 3. The van der Waals surface area contributed by atoms with E-state index in [0.717, 1.165) is 0 Å². The highest BCUT2D eigenvalue weighted by Crippen LogP contribution is 2.80. The summed E-state index contributed by atoms with van der Waals surface area (Å²) in [7, 11) is 7.66. The second-order valence-corrected chi connectivity index (χ2v) is 11.0. The summed E-state index contributed by atoms with van der Waals surface area (Å²) in [6.45, 7) is 0. The lowest BCUT2D eigenvalue weighted by Crippen LogP contribution is -2.28. The summed E-state index contributed by atoms with van der Waals surface area (Å²) in [6, 6.07) is 8.37. The predicted molar refractivity (Wildman–Crippen MR) is 153 cm³/mol. The standard InChI is InChI=1S/C29H33F3O11S/c1-34-16-10-19(37-4)25(20(11-16)38-5)44(43-28(33)29(30,31)32,26-21(39-6)12-17(35-2)13-22(26)40-7)27-23(41-8)14-18(36-3)15-24(27)42-9/h10-15H,1-9H3. The number of rotatable bonds is 13. The van der Waals surface area contributed by atoms with Crippen molar-refractivity contribution in [2.45, 2.75) is 20.9 Å². The molecule has 0 saturated carbocycles. The summed E-state index contributed by atoms with van der Waals surface area (Å²) in [5.41, 5.74) is 0. The van der Waals surface area contributed by atoms with Gasteiger partial charge in [-0.25, -0.2) is 4.79 Å². The van der Waals surface area contributed by atoms with Gasteiger partial charge in [-0.15, -0.1) is 0 Å². The van der Waals surface area contributed by atoms with Gasteiger partial charge in [-0.3, -0.25) is 0 Å². The van der Waals surface area contributed by atoms with Crippen LogP contribution in [0.1, 0.15) is 0 Å². The van der Waals surface area contributed by atoms with Crippen molar-refractivity contribution in [3.05, 3.63) is 36.4 Å². The van der Waals surface area contributed by atoms with Gasteiger partial charge in [-0.05, 0) is 0 Å². The smallest absolute Gasteiger partial charge is 0.491 e. The number of methoxy groups -OCH3 is 9. The van der Waals surface area contributed by atoms with E-state index >= 15 is 0 Å². The first-order valence-corrected chi connectivity index (χ1v) is 14.0. The lowest BCUT2D eigenvalue weighted by molar-refractivity contribution is -0.188. The van der Waals surface area contributed by atoms with E-state index in [4.69, 9.17) is 46.8 Å². The zero-order valence-corrected chi connectivity index (χ0v) is 26.3. The van der Waals surface area contributed by atoms with Crippen LogP contribution < -0.4 is 42.6 Å². The van der Waals surface area contributed by atoms with Crippen LogP contribution in [0.15, 0.2) is 51.1 Å². The van der Waals surface area contributed by atoms with Crippen molar-refractivity contribution in [1.82, 2.24) is 0 Å². The molecule has 0 N–H and O–H groups in total. The molecule has 3 rings (SSSR count). The molecule has 0 unspecified atom stereocenters. The van der Waals surface area contributed by atoms with E-state index in [9.17, 15) is 18.0 Å². The Morgan fingerprint density at radius 2 is 0.705 bits per heavy atom. The first-order valence-electron chi connectivity index (χ1n) is 12.5. The van der Waals surface area contributed by atoms with Crippen molar-refractivity contribution in [1.29, 1.82) is 0 Å². The molecule has 0 spiro atoms. The minimum absolute atomic E-state index is 0.0778. The summed E-state index contributed by atoms with van der Waals surface area (Å²) >= 11 is 0. The molecule has 0 amide bonds. The van der Waals surface area contributed by atoms with Gasteiger partial charge in [0.1, 0.15) is 66.4 Å². The van der Waals surface area contributed by atoms with Gasteiger partial charge in [-0.1, -0.05) is 0 Å². The monoisotopic (exact) mass is 646 g/mol. The van der Waals surface area contributed by atoms with Gasteiger partial charge in [-0.2, -0.15) is 13.2 Å². The third-order valence-corrected chi connectivity index (χ3v) is 9.64. The highest BCUT2D eigenvalue weighted by Gasteiger charge is 2.54. The Hall–Kier alpha value is -4.53. The molecule has 3 aromatic rings. The van der Waals surface area contributed by atoms with Gasteiger partial charge in [0.25, 0.3) is 0 Å². The van der Waals surface area contributed by atoms with Crippen molar-refractivity contribution < 1.29 is 64.8 Å². The Bertz CT molecular complexity index is 1270. The average Bonchev–Trinajstić information content (AvgIpc) is 3.04. The number of carbonyl (C=O) groups is 1. The quantitative estimate of drug-likeness (QED) is 0.216. The fourth-order valence-electron chi connectivity index (χ4n) is 4.36. The Kier molecular flexibility index (Phi) is 10.7. The first kappa shape index (κ1) is 34.0. The summed E-state index contributed by atoms with van der Waals surface area (Å²) in [4.78, 5) is 12.7. The zero-order chi connectivity index (χ0) is 32.8. The average molecular weight is 647 g/mol. The lowest BCUT2D eigenvalue weighted by Gasteiger charge is -2.43. The topological polar surface area (TPSA) is 109 Å². The summed E-state index contributed by atoms with van der Waals surface area (Å²) in [5.74, 6) is -2.35. The van der Waals surface area contributed by atoms with Gasteiger partial charge in [0, 0.05) is 46.7 Å². The van der Waals surface area contributed by atoms with Gasteiger partial charge in [0.2, 0.25) is 0 Å². The van der Waals surface area contributed by atoms with Crippen LogP contribution in [0.2, 0.25) is 0 Å². The Morgan fingerprint density at radius 1 is 0.477 bits per heavy atom. The lowest BCUT2D eigenvalue weighted by atomic mass is 10.3. The fraction of sp³-hybridized carbons (Fsp3) is 0.345. The van der Waals surface area contributed by atoms with Crippen LogP contribution in [0.3, 0.4) is 0 Å². The maximum Gasteiger partial charge on any atom is 0.491 e. The molecule has 0 bridgehead atoms. The van der Waals surface area contributed by atoms with Gasteiger partial charge >= 0.3 is 12.1 Å². The molecule has 44 heavy (non-hydrogen) atoms. The van der Waals surface area contributed by atoms with E-state index in [-0.39, 0.29) is 66.4 Å². The highest BCUT2D eigenvalue weighted by molar-refractivity contribution is 8.30. The van der Waals surface area contributed by atoms with E-state index in [2.05, 4.69) is 0 Å². The van der Waals surface area contributed by atoms with E-state index < -0.39 is 22.5 Å². The van der Waals surface area contributed by atoms with Gasteiger partial charge < -0.3 is 46.8 Å². The number of hydrogen-bond donors (Lipinski definition) is 0. The second kappa shape index (κ2) is 13.8. The maximum atomic E-state index is 14.3. The molecule has 0 radical (unpaired) electrons. The van der Waals surface area contributed by atoms with Crippen LogP contribution in [-0.2, 0) is 8.98 Å². The van der Waals surface area contributed by atoms with E-state index in [1.165, 1.54) is 100 Å². The minimum atomic E-state index is -5.47. The molecule has 0 aromatic heterocycles. The van der Waals surface area contributed by atoms with Gasteiger partial charge in [0.15, 0.2) is 0 Å². The number of benzene rings is 3. The fourth-order valence-corrected chi connectivity index (χ4v) is 8.10. The Morgan fingerprint density at radius 3 is 0.864 bits per heavy atom. The normalized spacial score (nSPS) is 11.6. The van der Waals surface area contributed by atoms with Crippen LogP contribution in [0.25, 0.3) is 0 Å². The van der Waals surface area contributed by atoms with Crippen LogP contribution in [0, 0.1) is 0 Å². The Balaban J connectivity index is 2.87. The summed E-state index contributed by atoms with van der Waals surface area (Å²) < 4.78 is 98.9. The van der Waals surface area contributed by atoms with Crippen LogP contribution >= 0.6 is 10.3 Å². The summed E-state index contributed by atoms with van der Waals surface area (Å²) in [6.07, 6.45) is -5.47. The van der Waals surface area contributed by atoms with Crippen molar-refractivity contribution in [2.24, 2.45) is 0 Å². The SMILES string of the molecule is COc1cc(OC)c(S(OC(=O)C(F)(F)F)(c2c(OC)cc(OC)cc2OC)c2c(OC)cc(OC)cc2OC)c(OC)c1.